The van der Waals surface area contributed by atoms with Crippen LogP contribution in [0.2, 0.25) is 0 Å². The van der Waals surface area contributed by atoms with E-state index in [-0.39, 0.29) is 0 Å². The minimum absolute atomic E-state index is 0.627. The number of aliphatic hydroxyl groups is 1. The van der Waals surface area contributed by atoms with Crippen LogP contribution in [-0.2, 0) is 9.59 Å². The van der Waals surface area contributed by atoms with E-state index in [1.807, 2.05) is 0 Å². The highest BCUT2D eigenvalue weighted by atomic mass is 19.3. The van der Waals surface area contributed by atoms with Crippen LogP contribution < -0.4 is 0 Å². The van der Waals surface area contributed by atoms with Crippen LogP contribution in [0.5, 0.6) is 0 Å². The van der Waals surface area contributed by atoms with E-state index in [1.54, 1.807) is 0 Å². The maximum atomic E-state index is 12.0. The molecular weight excluding hydrogens is 165 g/mol. The third-order valence-electron chi connectivity index (χ3n) is 0.991. The molecule has 0 aliphatic heterocycles. The van der Waals surface area contributed by atoms with E-state index in [0.29, 0.717) is 6.92 Å². The summed E-state index contributed by atoms with van der Waals surface area (Å²) in [5.74, 6) is -5.98. The number of Topliss-reactive ketones (excluding diaryl/α,β-unsaturated/α-hetero) is 1. The Balaban J connectivity index is 4.55. The van der Waals surface area contributed by atoms with Crippen LogP contribution in [0.25, 0.3) is 0 Å². The molecule has 11 heavy (non-hydrogen) atoms. The Morgan fingerprint density at radius 1 is 1.45 bits per heavy atom. The Morgan fingerprint density at radius 3 is 1.91 bits per heavy atom. The van der Waals surface area contributed by atoms with Crippen molar-refractivity contribution in [2.24, 2.45) is 0 Å². The van der Waals surface area contributed by atoms with Gasteiger partial charge in [0.1, 0.15) is 0 Å². The maximum absolute atomic E-state index is 12.0. The molecular formula is C5H5F3O3. The molecule has 0 aromatic rings. The summed E-state index contributed by atoms with van der Waals surface area (Å²) < 4.78 is 35.4. The third-order valence-corrected chi connectivity index (χ3v) is 0.991. The molecule has 1 unspecified atom stereocenters. The second kappa shape index (κ2) is 3.00. The van der Waals surface area contributed by atoms with Crippen molar-refractivity contribution in [3.05, 3.63) is 0 Å². The van der Waals surface area contributed by atoms with Gasteiger partial charge in [-0.2, -0.15) is 13.2 Å². The van der Waals surface area contributed by atoms with Crippen LogP contribution in [0.4, 0.5) is 13.2 Å². The molecule has 0 saturated heterocycles. The first-order valence-corrected chi connectivity index (χ1v) is 2.56. The summed E-state index contributed by atoms with van der Waals surface area (Å²) in [7, 11) is 0. The first-order valence-electron chi connectivity index (χ1n) is 2.56. The number of hydrogen-bond donors (Lipinski definition) is 1. The fourth-order valence-electron chi connectivity index (χ4n) is 0.363. The van der Waals surface area contributed by atoms with Crippen molar-refractivity contribution >= 4 is 11.8 Å². The number of carbonyl (C=O) groups is 2. The topological polar surface area (TPSA) is 54.4 Å². The summed E-state index contributed by atoms with van der Waals surface area (Å²) in [5, 5.41) is 8.26. The Kier molecular flexibility index (Phi) is 2.75. The first kappa shape index (κ1) is 10.1. The molecule has 0 aliphatic rings. The molecule has 0 aromatic carbocycles. The third kappa shape index (κ3) is 2.01. The smallest absolute Gasteiger partial charge is 0.373 e. The summed E-state index contributed by atoms with van der Waals surface area (Å²) in [4.78, 5) is 19.5. The van der Waals surface area contributed by atoms with Crippen molar-refractivity contribution in [1.82, 2.24) is 0 Å². The fourth-order valence-corrected chi connectivity index (χ4v) is 0.363. The zero-order chi connectivity index (χ0) is 9.23. The van der Waals surface area contributed by atoms with E-state index in [9.17, 15) is 22.8 Å². The number of rotatable bonds is 3. The SMILES string of the molecule is CC(=O)C(O)C(F)(F)C(=O)F. The molecule has 1 N–H and O–H groups in total. The van der Waals surface area contributed by atoms with Gasteiger partial charge in [0.15, 0.2) is 11.9 Å². The molecule has 64 valence electrons. The van der Waals surface area contributed by atoms with Crippen molar-refractivity contribution in [1.29, 1.82) is 0 Å². The van der Waals surface area contributed by atoms with Gasteiger partial charge < -0.3 is 5.11 Å². The summed E-state index contributed by atoms with van der Waals surface area (Å²) >= 11 is 0. The number of halogens is 3. The van der Waals surface area contributed by atoms with Crippen LogP contribution in [0.15, 0.2) is 0 Å². The standard InChI is InChI=1S/C5H5F3O3/c1-2(9)3(10)5(7,8)4(6)11/h3,10H,1H3. The summed E-state index contributed by atoms with van der Waals surface area (Å²) in [6, 6.07) is -3.01. The quantitative estimate of drug-likeness (QED) is 0.609. The lowest BCUT2D eigenvalue weighted by molar-refractivity contribution is -0.176. The number of alkyl halides is 2. The van der Waals surface area contributed by atoms with E-state index in [4.69, 9.17) is 5.11 Å². The molecule has 0 aromatic heterocycles. The zero-order valence-electron chi connectivity index (χ0n) is 5.47. The van der Waals surface area contributed by atoms with E-state index >= 15 is 0 Å². The first-order chi connectivity index (χ1) is 4.80. The molecule has 0 radical (unpaired) electrons. The van der Waals surface area contributed by atoms with Gasteiger partial charge in [-0.3, -0.25) is 9.59 Å². The molecule has 0 fully saturated rings. The lowest BCUT2D eigenvalue weighted by atomic mass is 10.1. The predicted octanol–water partition coefficient (Wildman–Crippen LogP) is 0.0677. The summed E-state index contributed by atoms with van der Waals surface area (Å²) in [6.07, 6.45) is -2.89. The van der Waals surface area contributed by atoms with Gasteiger partial charge in [-0.15, -0.1) is 0 Å². The molecule has 0 amide bonds. The van der Waals surface area contributed by atoms with Gasteiger partial charge in [-0.1, -0.05) is 0 Å². The summed E-state index contributed by atoms with van der Waals surface area (Å²) in [6.45, 7) is 0.627. The van der Waals surface area contributed by atoms with Crippen LogP contribution in [0.1, 0.15) is 6.92 Å². The van der Waals surface area contributed by atoms with Crippen LogP contribution in [0.3, 0.4) is 0 Å². The molecule has 0 bridgehead atoms. The zero-order valence-corrected chi connectivity index (χ0v) is 5.47. The van der Waals surface area contributed by atoms with Crippen LogP contribution in [-0.4, -0.2) is 29.0 Å². The highest BCUT2D eigenvalue weighted by Crippen LogP contribution is 2.20. The monoisotopic (exact) mass is 170 g/mol. The van der Waals surface area contributed by atoms with Gasteiger partial charge in [0.2, 0.25) is 0 Å². The Labute approximate surface area is 59.8 Å². The van der Waals surface area contributed by atoms with Gasteiger partial charge in [-0.05, 0) is 6.92 Å². The maximum Gasteiger partial charge on any atom is 0.373 e. The molecule has 3 nitrogen and oxygen atoms in total. The van der Waals surface area contributed by atoms with Gasteiger partial charge in [0.25, 0.3) is 0 Å². The van der Waals surface area contributed by atoms with Crippen molar-refractivity contribution in [2.45, 2.75) is 19.0 Å². The number of ketones is 1. The van der Waals surface area contributed by atoms with Gasteiger partial charge in [0, 0.05) is 0 Å². The lowest BCUT2D eigenvalue weighted by Gasteiger charge is -2.13. The highest BCUT2D eigenvalue weighted by Gasteiger charge is 2.49. The molecule has 0 aliphatic carbocycles. The van der Waals surface area contributed by atoms with Crippen molar-refractivity contribution in [2.75, 3.05) is 0 Å². The Hall–Kier alpha value is -0.910. The van der Waals surface area contributed by atoms with Crippen molar-refractivity contribution in [3.8, 4) is 0 Å². The normalized spacial score (nSPS) is 14.3. The number of carbonyl (C=O) groups excluding carboxylic acids is 2. The van der Waals surface area contributed by atoms with Gasteiger partial charge in [0.05, 0.1) is 0 Å². The van der Waals surface area contributed by atoms with Crippen LogP contribution >= 0.6 is 0 Å². The molecule has 6 heteroatoms. The van der Waals surface area contributed by atoms with E-state index in [0.717, 1.165) is 0 Å². The average Bonchev–Trinajstić information content (AvgIpc) is 1.85. The lowest BCUT2D eigenvalue weighted by Crippen LogP contribution is -2.43. The molecule has 0 saturated carbocycles. The fraction of sp³-hybridized carbons (Fsp3) is 0.600. The number of hydrogen-bond acceptors (Lipinski definition) is 3. The van der Waals surface area contributed by atoms with E-state index < -0.39 is 23.8 Å². The second-order valence-electron chi connectivity index (χ2n) is 1.91. The van der Waals surface area contributed by atoms with E-state index in [1.165, 1.54) is 0 Å². The molecule has 0 spiro atoms. The average molecular weight is 170 g/mol. The molecule has 0 rings (SSSR count). The second-order valence-corrected chi connectivity index (χ2v) is 1.91. The minimum Gasteiger partial charge on any atom is -0.379 e. The van der Waals surface area contributed by atoms with Gasteiger partial charge in [-0.25, -0.2) is 0 Å². The van der Waals surface area contributed by atoms with Crippen LogP contribution in [0, 0.1) is 0 Å². The highest BCUT2D eigenvalue weighted by molar-refractivity contribution is 5.89. The Morgan fingerprint density at radius 2 is 1.82 bits per heavy atom. The van der Waals surface area contributed by atoms with E-state index in [2.05, 4.69) is 0 Å². The molecule has 1 atom stereocenters. The van der Waals surface area contributed by atoms with Gasteiger partial charge >= 0.3 is 12.0 Å². The largest absolute Gasteiger partial charge is 0.379 e. The van der Waals surface area contributed by atoms with Crippen molar-refractivity contribution in [3.63, 3.8) is 0 Å². The molecule has 0 heterocycles. The van der Waals surface area contributed by atoms with Crippen molar-refractivity contribution < 1.29 is 27.9 Å². The minimum atomic E-state index is -4.62. The predicted molar refractivity (Wildman–Crippen MR) is 27.7 cm³/mol. The Bertz CT molecular complexity index is 189. The number of aliphatic hydroxyl groups excluding tert-OH is 1. The summed E-state index contributed by atoms with van der Waals surface area (Å²) in [5.41, 5.74) is 0.